The van der Waals surface area contributed by atoms with Crippen LogP contribution >= 0.6 is 0 Å². The largest absolute Gasteiger partial charge is 0.449 e. The van der Waals surface area contributed by atoms with Crippen molar-refractivity contribution in [2.24, 2.45) is 0 Å². The maximum Gasteiger partial charge on any atom is 0.418 e. The highest BCUT2D eigenvalue weighted by molar-refractivity contribution is 5.86. The normalized spacial score (nSPS) is 12.3. The number of fused-ring (bicyclic) bond motifs is 1. The van der Waals surface area contributed by atoms with Crippen LogP contribution in [0.5, 0.6) is 0 Å². The monoisotopic (exact) mass is 227 g/mol. The highest BCUT2D eigenvalue weighted by Crippen LogP contribution is 2.29. The van der Waals surface area contributed by atoms with Gasteiger partial charge in [0.25, 0.3) is 0 Å². The summed E-state index contributed by atoms with van der Waals surface area (Å²) in [4.78, 5) is 10.5. The van der Waals surface area contributed by atoms with E-state index in [4.69, 9.17) is 4.74 Å². The lowest BCUT2D eigenvalue weighted by Crippen LogP contribution is -2.03. The van der Waals surface area contributed by atoms with Crippen LogP contribution in [-0.4, -0.2) is 6.47 Å². The average Bonchev–Trinajstić information content (AvgIpc) is 2.38. The molecule has 0 saturated carbocycles. The summed E-state index contributed by atoms with van der Waals surface area (Å²) in [7, 11) is 0. The lowest BCUT2D eigenvalue weighted by Gasteiger charge is -2.16. The van der Waals surface area contributed by atoms with Crippen molar-refractivity contribution < 1.29 is 9.53 Å². The fraction of sp³-hybridized carbons (Fsp3) is 0.267. The minimum atomic E-state index is -0.191. The molecule has 0 aromatic heterocycles. The molecule has 0 aliphatic carbocycles. The third-order valence-electron chi connectivity index (χ3n) is 2.91. The Balaban J connectivity index is 2.48. The molecule has 1 radical (unpaired) electrons. The van der Waals surface area contributed by atoms with Crippen molar-refractivity contribution in [1.29, 1.82) is 0 Å². The Bertz CT molecular complexity index is 500. The smallest absolute Gasteiger partial charge is 0.418 e. The van der Waals surface area contributed by atoms with E-state index < -0.39 is 0 Å². The Morgan fingerprint density at radius 2 is 1.94 bits per heavy atom. The van der Waals surface area contributed by atoms with Crippen LogP contribution in [-0.2, 0) is 9.53 Å². The first kappa shape index (κ1) is 11.6. The molecule has 2 aromatic carbocycles. The summed E-state index contributed by atoms with van der Waals surface area (Å²) in [5.74, 6) is 0. The molecule has 0 fully saturated rings. The second kappa shape index (κ2) is 5.48. The van der Waals surface area contributed by atoms with Gasteiger partial charge in [-0.25, -0.2) is 4.79 Å². The predicted molar refractivity (Wildman–Crippen MR) is 68.4 cm³/mol. The molecule has 1 atom stereocenters. The molecular weight excluding hydrogens is 212 g/mol. The van der Waals surface area contributed by atoms with E-state index in [1.165, 1.54) is 5.39 Å². The minimum absolute atomic E-state index is 0.191. The summed E-state index contributed by atoms with van der Waals surface area (Å²) in [5, 5.41) is 2.31. The third kappa shape index (κ3) is 2.47. The van der Waals surface area contributed by atoms with E-state index >= 15 is 0 Å². The standard InChI is InChI=1S/C15H15O2/c1-2-6-15(17-11-16)14-10-5-8-12-7-3-4-9-13(12)14/h3-5,7-10,15H,2,6H2,1H3. The van der Waals surface area contributed by atoms with E-state index in [2.05, 4.69) is 25.1 Å². The van der Waals surface area contributed by atoms with Crippen LogP contribution in [0.25, 0.3) is 10.8 Å². The number of carbonyl (C=O) groups excluding carboxylic acids is 1. The molecular formula is C15H15O2. The summed E-state index contributed by atoms with van der Waals surface area (Å²) in [5.41, 5.74) is 1.06. The molecule has 2 rings (SSSR count). The van der Waals surface area contributed by atoms with Gasteiger partial charge in [0.15, 0.2) is 0 Å². The van der Waals surface area contributed by atoms with E-state index in [-0.39, 0.29) is 6.10 Å². The zero-order valence-corrected chi connectivity index (χ0v) is 9.85. The number of hydrogen-bond acceptors (Lipinski definition) is 2. The quantitative estimate of drug-likeness (QED) is 0.777. The van der Waals surface area contributed by atoms with Crippen LogP contribution in [0.1, 0.15) is 31.4 Å². The van der Waals surface area contributed by atoms with Crippen molar-refractivity contribution in [3.8, 4) is 0 Å². The van der Waals surface area contributed by atoms with Gasteiger partial charge >= 0.3 is 6.47 Å². The molecule has 0 aliphatic rings. The van der Waals surface area contributed by atoms with Crippen LogP contribution < -0.4 is 0 Å². The topological polar surface area (TPSA) is 26.3 Å². The van der Waals surface area contributed by atoms with Crippen molar-refractivity contribution in [3.63, 3.8) is 0 Å². The predicted octanol–water partition coefficient (Wildman–Crippen LogP) is 3.76. The minimum Gasteiger partial charge on any atom is -0.449 e. The molecule has 17 heavy (non-hydrogen) atoms. The summed E-state index contributed by atoms with van der Waals surface area (Å²) in [6.07, 6.45) is 1.60. The van der Waals surface area contributed by atoms with Crippen LogP contribution in [0.3, 0.4) is 0 Å². The molecule has 0 N–H and O–H groups in total. The van der Waals surface area contributed by atoms with E-state index in [1.807, 2.05) is 24.3 Å². The van der Waals surface area contributed by atoms with Gasteiger partial charge < -0.3 is 4.74 Å². The van der Waals surface area contributed by atoms with E-state index in [0.29, 0.717) is 0 Å². The maximum absolute atomic E-state index is 10.5. The van der Waals surface area contributed by atoms with Gasteiger partial charge in [-0.1, -0.05) is 55.8 Å². The Kier molecular flexibility index (Phi) is 3.76. The summed E-state index contributed by atoms with van der Waals surface area (Å²) in [6, 6.07) is 14.2. The lowest BCUT2D eigenvalue weighted by atomic mass is 9.98. The summed E-state index contributed by atoms with van der Waals surface area (Å²) in [6.45, 7) is 3.64. The first-order valence-electron chi connectivity index (χ1n) is 5.87. The Morgan fingerprint density at radius 3 is 2.71 bits per heavy atom. The van der Waals surface area contributed by atoms with Crippen molar-refractivity contribution in [1.82, 2.24) is 0 Å². The molecule has 0 saturated heterocycles. The zero-order valence-electron chi connectivity index (χ0n) is 9.85. The van der Waals surface area contributed by atoms with Gasteiger partial charge in [0.05, 0.1) is 0 Å². The second-order valence-corrected chi connectivity index (χ2v) is 4.05. The van der Waals surface area contributed by atoms with Crippen LogP contribution in [0.2, 0.25) is 0 Å². The second-order valence-electron chi connectivity index (χ2n) is 4.05. The molecule has 2 heteroatoms. The van der Waals surface area contributed by atoms with Crippen molar-refractivity contribution in [2.75, 3.05) is 0 Å². The van der Waals surface area contributed by atoms with Gasteiger partial charge in [-0.3, -0.25) is 0 Å². The van der Waals surface area contributed by atoms with Crippen molar-refractivity contribution in [2.45, 2.75) is 25.9 Å². The van der Waals surface area contributed by atoms with Crippen LogP contribution in [0, 0.1) is 0 Å². The molecule has 87 valence electrons. The molecule has 0 bridgehead atoms. The molecule has 0 amide bonds. The number of benzene rings is 2. The van der Waals surface area contributed by atoms with E-state index in [1.54, 1.807) is 6.47 Å². The first-order valence-corrected chi connectivity index (χ1v) is 5.87. The number of ether oxygens (including phenoxy) is 1. The van der Waals surface area contributed by atoms with Gasteiger partial charge in [-0.15, -0.1) is 0 Å². The fourth-order valence-electron chi connectivity index (χ4n) is 2.13. The molecule has 2 nitrogen and oxygen atoms in total. The fourth-order valence-corrected chi connectivity index (χ4v) is 2.13. The Morgan fingerprint density at radius 1 is 1.18 bits per heavy atom. The highest BCUT2D eigenvalue weighted by atomic mass is 16.5. The average molecular weight is 227 g/mol. The first-order chi connectivity index (χ1) is 8.36. The SMILES string of the molecule is CCCC(O[C]=O)c1cccc2ccccc12. The molecule has 0 spiro atoms. The van der Waals surface area contributed by atoms with Gasteiger partial charge in [-0.05, 0) is 17.2 Å². The molecule has 2 aromatic rings. The Labute approximate surface area is 101 Å². The third-order valence-corrected chi connectivity index (χ3v) is 2.91. The number of rotatable bonds is 5. The van der Waals surface area contributed by atoms with E-state index in [0.717, 1.165) is 23.8 Å². The maximum atomic E-state index is 10.5. The van der Waals surface area contributed by atoms with Gasteiger partial charge in [0.2, 0.25) is 0 Å². The highest BCUT2D eigenvalue weighted by Gasteiger charge is 2.14. The van der Waals surface area contributed by atoms with Crippen molar-refractivity contribution in [3.05, 3.63) is 48.0 Å². The molecule has 0 heterocycles. The van der Waals surface area contributed by atoms with E-state index in [9.17, 15) is 4.79 Å². The van der Waals surface area contributed by atoms with Crippen LogP contribution in [0.15, 0.2) is 42.5 Å². The van der Waals surface area contributed by atoms with Gasteiger partial charge in [-0.2, -0.15) is 0 Å². The van der Waals surface area contributed by atoms with Crippen molar-refractivity contribution >= 4 is 17.2 Å². The number of hydrogen-bond donors (Lipinski definition) is 0. The molecule has 1 unspecified atom stereocenters. The zero-order chi connectivity index (χ0) is 12.1. The lowest BCUT2D eigenvalue weighted by molar-refractivity contribution is 0.170. The summed E-state index contributed by atoms with van der Waals surface area (Å²) >= 11 is 0. The van der Waals surface area contributed by atoms with Gasteiger partial charge in [0, 0.05) is 5.56 Å². The van der Waals surface area contributed by atoms with Gasteiger partial charge in [0.1, 0.15) is 6.10 Å². The van der Waals surface area contributed by atoms with Crippen LogP contribution in [0.4, 0.5) is 0 Å². The molecule has 0 aliphatic heterocycles. The summed E-state index contributed by atoms with van der Waals surface area (Å²) < 4.78 is 5.07. The Hall–Kier alpha value is -1.83.